The van der Waals surface area contributed by atoms with E-state index in [1.54, 1.807) is 0 Å². The van der Waals surface area contributed by atoms with Crippen molar-refractivity contribution in [3.8, 4) is 0 Å². The minimum Gasteiger partial charge on any atom is -0.478 e. The number of benzene rings is 1. The van der Waals surface area contributed by atoms with Crippen LogP contribution in [-0.4, -0.2) is 46.8 Å². The minimum absolute atomic E-state index is 0.0730. The van der Waals surface area contributed by atoms with Gasteiger partial charge in [-0.25, -0.2) is 14.0 Å². The van der Waals surface area contributed by atoms with E-state index in [1.807, 2.05) is 0 Å². The van der Waals surface area contributed by atoms with E-state index in [2.05, 4.69) is 5.32 Å². The summed E-state index contributed by atoms with van der Waals surface area (Å²) >= 11 is 0. The van der Waals surface area contributed by atoms with E-state index in [1.165, 1.54) is 18.9 Å². The molecule has 7 heteroatoms. The fourth-order valence-electron chi connectivity index (χ4n) is 1.50. The standard InChI is InChI=1S/C12H15FN2O4/c1-7(16)6-15(2)12(19)14-10-5-8(13)3-4-9(10)11(17)18/h3-5,7,16H,6H2,1-2H3,(H,14,19)(H,17,18). The number of nitrogens with zero attached hydrogens (tertiary/aromatic N) is 1. The number of carbonyl (C=O) groups is 2. The molecule has 1 aromatic carbocycles. The Morgan fingerprint density at radius 3 is 2.63 bits per heavy atom. The van der Waals surface area contributed by atoms with Gasteiger partial charge in [0, 0.05) is 13.6 Å². The second-order valence-electron chi connectivity index (χ2n) is 4.15. The van der Waals surface area contributed by atoms with Gasteiger partial charge in [0.1, 0.15) is 5.82 Å². The van der Waals surface area contributed by atoms with Crippen molar-refractivity contribution in [1.82, 2.24) is 4.90 Å². The number of likely N-dealkylation sites (N-methyl/N-ethyl adjacent to an activating group) is 1. The molecule has 1 rings (SSSR count). The number of aromatic carboxylic acids is 1. The average Bonchev–Trinajstić information content (AvgIpc) is 2.27. The van der Waals surface area contributed by atoms with Crippen LogP contribution in [0.25, 0.3) is 0 Å². The Hall–Kier alpha value is -2.15. The molecule has 0 aromatic heterocycles. The van der Waals surface area contributed by atoms with E-state index < -0.39 is 23.9 Å². The molecule has 0 aliphatic carbocycles. The topological polar surface area (TPSA) is 89.9 Å². The zero-order chi connectivity index (χ0) is 14.6. The quantitative estimate of drug-likeness (QED) is 0.770. The molecule has 0 bridgehead atoms. The van der Waals surface area contributed by atoms with Crippen LogP contribution in [0.5, 0.6) is 0 Å². The van der Waals surface area contributed by atoms with Gasteiger partial charge in [-0.2, -0.15) is 0 Å². The number of urea groups is 1. The molecule has 3 N–H and O–H groups in total. The lowest BCUT2D eigenvalue weighted by Crippen LogP contribution is -2.36. The van der Waals surface area contributed by atoms with E-state index in [0.717, 1.165) is 18.2 Å². The second kappa shape index (κ2) is 6.14. The van der Waals surface area contributed by atoms with Crippen molar-refractivity contribution in [2.45, 2.75) is 13.0 Å². The zero-order valence-electron chi connectivity index (χ0n) is 10.6. The average molecular weight is 270 g/mol. The highest BCUT2D eigenvalue weighted by molar-refractivity contribution is 5.99. The number of carboxylic acid groups (broad SMARTS) is 1. The van der Waals surface area contributed by atoms with Crippen molar-refractivity contribution in [2.75, 3.05) is 18.9 Å². The Kier molecular flexibility index (Phi) is 4.82. The molecule has 104 valence electrons. The van der Waals surface area contributed by atoms with Gasteiger partial charge in [0.25, 0.3) is 0 Å². The Balaban J connectivity index is 2.89. The summed E-state index contributed by atoms with van der Waals surface area (Å²) in [6, 6.07) is 2.37. The molecule has 0 saturated carbocycles. The minimum atomic E-state index is -1.27. The lowest BCUT2D eigenvalue weighted by molar-refractivity contribution is 0.0698. The monoisotopic (exact) mass is 270 g/mol. The number of nitrogens with one attached hydrogen (secondary N) is 1. The summed E-state index contributed by atoms with van der Waals surface area (Å²) in [4.78, 5) is 23.8. The number of hydrogen-bond acceptors (Lipinski definition) is 3. The summed E-state index contributed by atoms with van der Waals surface area (Å²) in [5, 5.41) is 20.4. The fourth-order valence-corrected chi connectivity index (χ4v) is 1.50. The molecule has 1 aromatic rings. The number of hydrogen-bond donors (Lipinski definition) is 3. The molecule has 0 heterocycles. The number of carbonyl (C=O) groups excluding carboxylic acids is 1. The predicted octanol–water partition coefficient (Wildman–Crippen LogP) is 1.37. The number of aliphatic hydroxyl groups is 1. The molecule has 2 amide bonds. The summed E-state index contributed by atoms with van der Waals surface area (Å²) in [5.74, 6) is -1.92. The number of anilines is 1. The third kappa shape index (κ3) is 4.22. The first-order valence-corrected chi connectivity index (χ1v) is 5.54. The Labute approximate surface area is 109 Å². The third-order valence-electron chi connectivity index (χ3n) is 2.34. The van der Waals surface area contributed by atoms with Crippen LogP contribution < -0.4 is 5.32 Å². The van der Waals surface area contributed by atoms with Gasteiger partial charge in [0.15, 0.2) is 0 Å². The summed E-state index contributed by atoms with van der Waals surface area (Å²) in [6.07, 6.45) is -0.720. The molecule has 1 atom stereocenters. The van der Waals surface area contributed by atoms with Gasteiger partial charge in [-0.3, -0.25) is 0 Å². The Morgan fingerprint density at radius 1 is 1.47 bits per heavy atom. The van der Waals surface area contributed by atoms with Crippen LogP contribution in [0.3, 0.4) is 0 Å². The number of amides is 2. The molecule has 0 aliphatic heterocycles. The van der Waals surface area contributed by atoms with Crippen LogP contribution in [0.4, 0.5) is 14.9 Å². The largest absolute Gasteiger partial charge is 0.478 e. The molecule has 0 radical (unpaired) electrons. The lowest BCUT2D eigenvalue weighted by Gasteiger charge is -2.20. The number of halogens is 1. The first-order chi connectivity index (χ1) is 8.81. The maximum atomic E-state index is 13.1. The van der Waals surface area contributed by atoms with Crippen molar-refractivity contribution in [2.24, 2.45) is 0 Å². The van der Waals surface area contributed by atoms with Gasteiger partial charge in [-0.15, -0.1) is 0 Å². The first kappa shape index (κ1) is 14.9. The van der Waals surface area contributed by atoms with E-state index in [0.29, 0.717) is 0 Å². The van der Waals surface area contributed by atoms with Gasteiger partial charge in [-0.05, 0) is 25.1 Å². The highest BCUT2D eigenvalue weighted by Gasteiger charge is 2.16. The van der Waals surface area contributed by atoms with E-state index in [-0.39, 0.29) is 17.8 Å². The summed E-state index contributed by atoms with van der Waals surface area (Å²) < 4.78 is 13.1. The van der Waals surface area contributed by atoms with Crippen LogP contribution in [-0.2, 0) is 0 Å². The highest BCUT2D eigenvalue weighted by Crippen LogP contribution is 2.17. The van der Waals surface area contributed by atoms with Crippen molar-refractivity contribution in [3.05, 3.63) is 29.6 Å². The summed E-state index contributed by atoms with van der Waals surface area (Å²) in [6.45, 7) is 1.58. The zero-order valence-corrected chi connectivity index (χ0v) is 10.6. The third-order valence-corrected chi connectivity index (χ3v) is 2.34. The SMILES string of the molecule is CC(O)CN(C)C(=O)Nc1cc(F)ccc1C(=O)O. The predicted molar refractivity (Wildman–Crippen MR) is 66.7 cm³/mol. The smallest absolute Gasteiger partial charge is 0.337 e. The summed E-state index contributed by atoms with van der Waals surface area (Å²) in [5.41, 5.74) is -0.338. The van der Waals surface area contributed by atoms with Crippen LogP contribution >= 0.6 is 0 Å². The van der Waals surface area contributed by atoms with Crippen molar-refractivity contribution >= 4 is 17.7 Å². The van der Waals surface area contributed by atoms with Gasteiger partial charge >= 0.3 is 12.0 Å². The molecule has 6 nitrogen and oxygen atoms in total. The van der Waals surface area contributed by atoms with Crippen LogP contribution in [0.15, 0.2) is 18.2 Å². The van der Waals surface area contributed by atoms with Crippen molar-refractivity contribution < 1.29 is 24.2 Å². The molecule has 19 heavy (non-hydrogen) atoms. The van der Waals surface area contributed by atoms with Crippen LogP contribution in [0, 0.1) is 5.82 Å². The normalized spacial score (nSPS) is 11.8. The second-order valence-corrected chi connectivity index (χ2v) is 4.15. The molecule has 0 spiro atoms. The molecular weight excluding hydrogens is 255 g/mol. The Morgan fingerprint density at radius 2 is 2.11 bits per heavy atom. The van der Waals surface area contributed by atoms with Crippen molar-refractivity contribution in [1.29, 1.82) is 0 Å². The van der Waals surface area contributed by atoms with Crippen LogP contribution in [0.1, 0.15) is 17.3 Å². The molecule has 0 saturated heterocycles. The Bertz CT molecular complexity index is 491. The number of aliphatic hydroxyl groups excluding tert-OH is 1. The van der Waals surface area contributed by atoms with Gasteiger partial charge in [0.2, 0.25) is 0 Å². The maximum Gasteiger partial charge on any atom is 0.337 e. The molecular formula is C12H15FN2O4. The van der Waals surface area contributed by atoms with Crippen LogP contribution in [0.2, 0.25) is 0 Å². The lowest BCUT2D eigenvalue weighted by atomic mass is 10.2. The van der Waals surface area contributed by atoms with E-state index in [4.69, 9.17) is 10.2 Å². The molecule has 0 aliphatic rings. The first-order valence-electron chi connectivity index (χ1n) is 5.54. The number of rotatable bonds is 4. The summed E-state index contributed by atoms with van der Waals surface area (Å²) in [7, 11) is 1.43. The van der Waals surface area contributed by atoms with Gasteiger partial charge in [0.05, 0.1) is 17.4 Å². The number of carboxylic acids is 1. The van der Waals surface area contributed by atoms with E-state index in [9.17, 15) is 14.0 Å². The van der Waals surface area contributed by atoms with E-state index >= 15 is 0 Å². The van der Waals surface area contributed by atoms with Crippen molar-refractivity contribution in [3.63, 3.8) is 0 Å². The molecule has 0 fully saturated rings. The molecule has 1 unspecified atom stereocenters. The maximum absolute atomic E-state index is 13.1. The fraction of sp³-hybridized carbons (Fsp3) is 0.333. The van der Waals surface area contributed by atoms with Gasteiger partial charge < -0.3 is 20.4 Å². The highest BCUT2D eigenvalue weighted by atomic mass is 19.1. The van der Waals surface area contributed by atoms with Gasteiger partial charge in [-0.1, -0.05) is 0 Å².